The van der Waals surface area contributed by atoms with Crippen LogP contribution in [0.25, 0.3) is 0 Å². The average molecular weight is 506 g/mol. The van der Waals surface area contributed by atoms with E-state index in [-0.39, 0.29) is 5.41 Å². The van der Waals surface area contributed by atoms with E-state index in [2.05, 4.69) is 42.6 Å². The lowest BCUT2D eigenvalue weighted by Crippen LogP contribution is -2.48. The summed E-state index contributed by atoms with van der Waals surface area (Å²) in [5.41, 5.74) is 2.04. The molecule has 2 aliphatic rings. The number of rotatable bonds is 6. The monoisotopic (exact) mass is 505 g/mol. The lowest BCUT2D eigenvalue weighted by atomic mass is 9.87. The van der Waals surface area contributed by atoms with Gasteiger partial charge in [0.15, 0.2) is 0 Å². The quantitative estimate of drug-likeness (QED) is 0.600. The fourth-order valence-electron chi connectivity index (χ4n) is 5.21. The Morgan fingerprint density at radius 1 is 1.06 bits per heavy atom. The van der Waals surface area contributed by atoms with Crippen LogP contribution in [0.5, 0.6) is 0 Å². The number of sulfonamides is 1. The molecule has 0 aliphatic carbocycles. The number of likely N-dealkylation sites (N-methyl/N-ethyl adjacent to an activating group) is 1. The number of halogens is 1. The van der Waals surface area contributed by atoms with Crippen molar-refractivity contribution in [1.82, 2.24) is 19.1 Å². The van der Waals surface area contributed by atoms with Crippen LogP contribution in [0.15, 0.2) is 41.3 Å². The van der Waals surface area contributed by atoms with Crippen LogP contribution < -0.4 is 4.90 Å². The third-order valence-electron chi connectivity index (χ3n) is 7.06. The Balaban J connectivity index is 1.51. The summed E-state index contributed by atoms with van der Waals surface area (Å²) in [7, 11) is 0.516. The first-order valence-electron chi connectivity index (χ1n) is 11.8. The molecule has 186 valence electrons. The van der Waals surface area contributed by atoms with Gasteiger partial charge in [-0.2, -0.15) is 4.31 Å². The summed E-state index contributed by atoms with van der Waals surface area (Å²) >= 11 is 5.99. The fraction of sp³-hybridized carbons (Fsp3) is 0.560. The van der Waals surface area contributed by atoms with Crippen LogP contribution in [0.3, 0.4) is 0 Å². The summed E-state index contributed by atoms with van der Waals surface area (Å²) in [4.78, 5) is 11.7. The highest BCUT2D eigenvalue weighted by Gasteiger charge is 2.43. The van der Waals surface area contributed by atoms with Crippen LogP contribution in [-0.2, 0) is 16.6 Å². The van der Waals surface area contributed by atoms with Crippen LogP contribution in [0.1, 0.15) is 25.1 Å². The molecule has 2 aromatic rings. The van der Waals surface area contributed by atoms with Crippen molar-refractivity contribution in [2.75, 3.05) is 58.3 Å². The first-order chi connectivity index (χ1) is 16.0. The van der Waals surface area contributed by atoms with Crippen LogP contribution in [0.2, 0.25) is 5.02 Å². The van der Waals surface area contributed by atoms with E-state index in [9.17, 15) is 8.42 Å². The van der Waals surface area contributed by atoms with Crippen molar-refractivity contribution in [2.45, 2.75) is 38.3 Å². The van der Waals surface area contributed by atoms with Crippen molar-refractivity contribution in [3.63, 3.8) is 0 Å². The van der Waals surface area contributed by atoms with Crippen molar-refractivity contribution in [3.05, 3.63) is 52.7 Å². The first-order valence-corrected chi connectivity index (χ1v) is 13.7. The molecule has 0 spiro atoms. The molecule has 2 aliphatic heterocycles. The molecule has 0 amide bonds. The summed E-state index contributed by atoms with van der Waals surface area (Å²) < 4.78 is 29.2. The number of aryl methyl sites for hydroxylation is 1. The predicted molar refractivity (Wildman–Crippen MR) is 138 cm³/mol. The number of hydrogen-bond acceptors (Lipinski definition) is 6. The number of pyridine rings is 1. The molecule has 7 nitrogen and oxygen atoms in total. The summed E-state index contributed by atoms with van der Waals surface area (Å²) in [6, 6.07) is 11.7. The lowest BCUT2D eigenvalue weighted by Gasteiger charge is -2.34. The molecule has 0 radical (unpaired) electrons. The molecule has 0 N–H and O–H groups in total. The van der Waals surface area contributed by atoms with E-state index in [1.54, 1.807) is 16.4 Å². The maximum absolute atomic E-state index is 13.8. The van der Waals surface area contributed by atoms with E-state index in [1.807, 2.05) is 31.2 Å². The Kier molecular flexibility index (Phi) is 7.27. The van der Waals surface area contributed by atoms with E-state index in [4.69, 9.17) is 16.6 Å². The Morgan fingerprint density at radius 3 is 2.29 bits per heavy atom. The number of benzene rings is 1. The molecule has 34 heavy (non-hydrogen) atoms. The minimum atomic E-state index is -3.65. The van der Waals surface area contributed by atoms with Gasteiger partial charge in [-0.15, -0.1) is 0 Å². The minimum absolute atomic E-state index is 0.0310. The molecule has 4 rings (SSSR count). The van der Waals surface area contributed by atoms with Gasteiger partial charge in [0.1, 0.15) is 10.7 Å². The Hall–Kier alpha value is -1.71. The predicted octanol–water partition coefficient (Wildman–Crippen LogP) is 3.33. The molecular formula is C25H36ClN5O2S. The van der Waals surface area contributed by atoms with E-state index in [0.717, 1.165) is 30.4 Å². The van der Waals surface area contributed by atoms with Crippen molar-refractivity contribution in [2.24, 2.45) is 5.41 Å². The van der Waals surface area contributed by atoms with Gasteiger partial charge in [0.2, 0.25) is 10.0 Å². The van der Waals surface area contributed by atoms with Crippen molar-refractivity contribution in [1.29, 1.82) is 0 Å². The van der Waals surface area contributed by atoms with Gasteiger partial charge in [-0.25, -0.2) is 13.4 Å². The zero-order valence-corrected chi connectivity index (χ0v) is 22.4. The number of aromatic nitrogens is 1. The highest BCUT2D eigenvalue weighted by molar-refractivity contribution is 7.89. The molecule has 2 saturated heterocycles. The largest absolute Gasteiger partial charge is 0.353 e. The summed E-state index contributed by atoms with van der Waals surface area (Å²) in [6.45, 7) is 11.0. The Bertz CT molecular complexity index is 1110. The van der Waals surface area contributed by atoms with E-state index in [0.29, 0.717) is 42.9 Å². The average Bonchev–Trinajstić information content (AvgIpc) is 3.11. The molecule has 9 heteroatoms. The number of anilines is 1. The molecular weight excluding hydrogens is 470 g/mol. The number of nitrogens with zero attached hydrogens (tertiary/aromatic N) is 5. The van der Waals surface area contributed by atoms with E-state index >= 15 is 0 Å². The first kappa shape index (κ1) is 25.4. The van der Waals surface area contributed by atoms with Gasteiger partial charge in [0.25, 0.3) is 0 Å². The summed E-state index contributed by atoms with van der Waals surface area (Å²) in [5.74, 6) is 0.584. The second-order valence-corrected chi connectivity index (χ2v) is 12.8. The second kappa shape index (κ2) is 9.74. The van der Waals surface area contributed by atoms with Gasteiger partial charge in [-0.1, -0.05) is 37.6 Å². The third kappa shape index (κ3) is 5.26. The van der Waals surface area contributed by atoms with Gasteiger partial charge in [-0.3, -0.25) is 4.90 Å². The molecule has 1 unspecified atom stereocenters. The lowest BCUT2D eigenvalue weighted by molar-refractivity contribution is 0.181. The van der Waals surface area contributed by atoms with Gasteiger partial charge in [-0.05, 0) is 56.3 Å². The van der Waals surface area contributed by atoms with E-state index < -0.39 is 10.0 Å². The molecule has 1 aromatic heterocycles. The molecule has 0 saturated carbocycles. The third-order valence-corrected chi connectivity index (χ3v) is 9.24. The highest BCUT2D eigenvalue weighted by atomic mass is 35.5. The second-order valence-electron chi connectivity index (χ2n) is 10.4. The number of piperazine rings is 1. The van der Waals surface area contributed by atoms with Crippen LogP contribution in [0.4, 0.5) is 5.82 Å². The number of hydrogen-bond donors (Lipinski definition) is 0. The molecule has 2 fully saturated rings. The van der Waals surface area contributed by atoms with Crippen LogP contribution >= 0.6 is 11.6 Å². The summed E-state index contributed by atoms with van der Waals surface area (Å²) in [6.07, 6.45) is 0. The SMILES string of the molecule is Cc1ccc(S(=O)(=O)N2CCN(Cc3ccc(Cl)cc3)CC2)c(N2CC(N(C)C)C(C)(C)C2)n1. The van der Waals surface area contributed by atoms with Crippen LogP contribution in [0, 0.1) is 12.3 Å². The standard InChI is InChI=1S/C25H36ClN5O2S/c1-19-6-11-22(24(27-19)30-17-23(28(4)5)25(2,3)18-30)34(32,33)31-14-12-29(13-15-31)16-20-7-9-21(26)10-8-20/h6-11,23H,12-18H2,1-5H3. The zero-order chi connectivity index (χ0) is 24.7. The molecule has 1 aromatic carbocycles. The molecule has 0 bridgehead atoms. The van der Waals surface area contributed by atoms with Crippen molar-refractivity contribution in [3.8, 4) is 0 Å². The Labute approximate surface area is 209 Å². The minimum Gasteiger partial charge on any atom is -0.353 e. The maximum atomic E-state index is 13.8. The molecule has 1 atom stereocenters. The van der Waals surface area contributed by atoms with Gasteiger partial charge in [0.05, 0.1) is 0 Å². The van der Waals surface area contributed by atoms with Crippen molar-refractivity contribution >= 4 is 27.4 Å². The smallest absolute Gasteiger partial charge is 0.246 e. The molecule has 3 heterocycles. The topological polar surface area (TPSA) is 60.0 Å². The van der Waals surface area contributed by atoms with Gasteiger partial charge >= 0.3 is 0 Å². The Morgan fingerprint density at radius 2 is 1.71 bits per heavy atom. The van der Waals surface area contributed by atoms with E-state index in [1.165, 1.54) is 5.56 Å². The zero-order valence-electron chi connectivity index (χ0n) is 20.8. The van der Waals surface area contributed by atoms with Crippen molar-refractivity contribution < 1.29 is 8.42 Å². The maximum Gasteiger partial charge on any atom is 0.246 e. The fourth-order valence-corrected chi connectivity index (χ4v) is 6.91. The normalized spacial score (nSPS) is 22.0. The highest BCUT2D eigenvalue weighted by Crippen LogP contribution is 2.37. The van der Waals surface area contributed by atoms with Gasteiger partial charge < -0.3 is 9.80 Å². The summed E-state index contributed by atoms with van der Waals surface area (Å²) in [5, 5.41) is 0.723. The van der Waals surface area contributed by atoms with Crippen LogP contribution in [-0.4, -0.2) is 86.9 Å². The van der Waals surface area contributed by atoms with Gasteiger partial charge in [0, 0.05) is 62.6 Å².